The Morgan fingerprint density at radius 3 is 2.95 bits per heavy atom. The second-order valence-electron chi connectivity index (χ2n) is 4.97. The summed E-state index contributed by atoms with van der Waals surface area (Å²) in [6.45, 7) is 6.03. The Hall–Kier alpha value is -0.810. The molecule has 1 saturated heterocycles. The summed E-state index contributed by atoms with van der Waals surface area (Å²) in [7, 11) is 0. The Morgan fingerprint density at radius 2 is 2.25 bits per heavy atom. The summed E-state index contributed by atoms with van der Waals surface area (Å²) in [5.74, 6) is -0.0942. The Bertz CT molecular complexity index is 496. The molecule has 1 amide bonds. The average Bonchev–Trinajstić information content (AvgIpc) is 2.42. The number of hydrogen-bond acceptors (Lipinski definition) is 3. The molecular formula is C14H18Cl2N2O2. The highest BCUT2D eigenvalue weighted by Crippen LogP contribution is 2.25. The SMILES string of the molecule is CC1CN(C(C)C(=O)Nc2cc(Cl)ccc2Cl)CCO1. The fourth-order valence-corrected chi connectivity index (χ4v) is 2.53. The third-order valence-corrected chi connectivity index (χ3v) is 3.95. The van der Waals surface area contributed by atoms with Gasteiger partial charge in [-0.05, 0) is 32.0 Å². The number of amides is 1. The molecule has 0 bridgehead atoms. The van der Waals surface area contributed by atoms with Gasteiger partial charge in [-0.25, -0.2) is 0 Å². The first-order valence-corrected chi connectivity index (χ1v) is 7.34. The summed E-state index contributed by atoms with van der Waals surface area (Å²) >= 11 is 12.0. The Morgan fingerprint density at radius 1 is 1.50 bits per heavy atom. The van der Waals surface area contributed by atoms with Crippen molar-refractivity contribution in [2.75, 3.05) is 25.0 Å². The molecule has 1 aliphatic rings. The van der Waals surface area contributed by atoms with Crippen molar-refractivity contribution in [1.82, 2.24) is 4.90 Å². The van der Waals surface area contributed by atoms with E-state index in [1.807, 2.05) is 13.8 Å². The number of carbonyl (C=O) groups is 1. The molecule has 0 aromatic heterocycles. The number of rotatable bonds is 3. The van der Waals surface area contributed by atoms with E-state index in [2.05, 4.69) is 10.2 Å². The molecule has 0 spiro atoms. The van der Waals surface area contributed by atoms with E-state index in [1.165, 1.54) is 0 Å². The first-order chi connectivity index (χ1) is 9.47. The van der Waals surface area contributed by atoms with Gasteiger partial charge in [-0.3, -0.25) is 9.69 Å². The zero-order valence-corrected chi connectivity index (χ0v) is 13.0. The van der Waals surface area contributed by atoms with Crippen LogP contribution in [0.25, 0.3) is 0 Å². The number of nitrogens with one attached hydrogen (secondary N) is 1. The Labute approximate surface area is 129 Å². The van der Waals surface area contributed by atoms with E-state index in [-0.39, 0.29) is 18.1 Å². The zero-order valence-electron chi connectivity index (χ0n) is 11.5. The van der Waals surface area contributed by atoms with Crippen molar-refractivity contribution in [3.63, 3.8) is 0 Å². The molecule has 1 heterocycles. The minimum Gasteiger partial charge on any atom is -0.376 e. The summed E-state index contributed by atoms with van der Waals surface area (Å²) in [6.07, 6.45) is 0.147. The standard InChI is InChI=1S/C14H18Cl2N2O2/c1-9-8-18(5-6-20-9)10(2)14(19)17-13-7-11(15)3-4-12(13)16/h3-4,7,9-10H,5-6,8H2,1-2H3,(H,17,19). The fraction of sp³-hybridized carbons (Fsp3) is 0.500. The van der Waals surface area contributed by atoms with E-state index in [0.29, 0.717) is 22.3 Å². The van der Waals surface area contributed by atoms with Gasteiger partial charge >= 0.3 is 0 Å². The Balaban J connectivity index is 2.02. The zero-order chi connectivity index (χ0) is 14.7. The predicted octanol–water partition coefficient (Wildman–Crippen LogP) is 3.04. The van der Waals surface area contributed by atoms with Gasteiger partial charge in [0.15, 0.2) is 0 Å². The number of nitrogens with zero attached hydrogens (tertiary/aromatic N) is 1. The lowest BCUT2D eigenvalue weighted by Crippen LogP contribution is -2.50. The second-order valence-corrected chi connectivity index (χ2v) is 5.81. The number of ether oxygens (including phenoxy) is 1. The maximum atomic E-state index is 12.3. The van der Waals surface area contributed by atoms with Gasteiger partial charge in [-0.1, -0.05) is 23.2 Å². The lowest BCUT2D eigenvalue weighted by atomic mass is 10.2. The van der Waals surface area contributed by atoms with Crippen molar-refractivity contribution in [3.8, 4) is 0 Å². The minimum absolute atomic E-state index is 0.0942. The molecule has 0 aliphatic carbocycles. The lowest BCUT2D eigenvalue weighted by Gasteiger charge is -2.34. The van der Waals surface area contributed by atoms with Gasteiger partial charge in [0.25, 0.3) is 0 Å². The summed E-state index contributed by atoms with van der Waals surface area (Å²) in [4.78, 5) is 14.4. The van der Waals surface area contributed by atoms with Crippen molar-refractivity contribution in [2.45, 2.75) is 26.0 Å². The number of carbonyl (C=O) groups excluding carboxylic acids is 1. The van der Waals surface area contributed by atoms with Crippen molar-refractivity contribution < 1.29 is 9.53 Å². The van der Waals surface area contributed by atoms with Crippen molar-refractivity contribution >= 4 is 34.8 Å². The van der Waals surface area contributed by atoms with Crippen LogP contribution < -0.4 is 5.32 Å². The first-order valence-electron chi connectivity index (χ1n) is 6.59. The highest BCUT2D eigenvalue weighted by atomic mass is 35.5. The molecule has 1 aromatic rings. The molecule has 20 heavy (non-hydrogen) atoms. The number of morpholine rings is 1. The van der Waals surface area contributed by atoms with E-state index < -0.39 is 0 Å². The molecule has 0 radical (unpaired) electrons. The third kappa shape index (κ3) is 3.85. The summed E-state index contributed by atoms with van der Waals surface area (Å²) in [5, 5.41) is 3.84. The maximum Gasteiger partial charge on any atom is 0.241 e. The predicted molar refractivity (Wildman–Crippen MR) is 81.5 cm³/mol. The van der Waals surface area contributed by atoms with Crippen LogP contribution >= 0.6 is 23.2 Å². The van der Waals surface area contributed by atoms with Gasteiger partial charge < -0.3 is 10.1 Å². The highest BCUT2D eigenvalue weighted by Gasteiger charge is 2.26. The smallest absolute Gasteiger partial charge is 0.241 e. The largest absolute Gasteiger partial charge is 0.376 e. The number of hydrogen-bond donors (Lipinski definition) is 1. The molecule has 0 saturated carbocycles. The van der Waals surface area contributed by atoms with Crippen LogP contribution in [0.1, 0.15) is 13.8 Å². The highest BCUT2D eigenvalue weighted by molar-refractivity contribution is 6.35. The van der Waals surface area contributed by atoms with Gasteiger partial charge in [0.2, 0.25) is 5.91 Å². The summed E-state index contributed by atoms with van der Waals surface area (Å²) in [6, 6.07) is 4.76. The van der Waals surface area contributed by atoms with E-state index in [4.69, 9.17) is 27.9 Å². The summed E-state index contributed by atoms with van der Waals surface area (Å²) in [5.41, 5.74) is 0.539. The molecule has 1 aromatic carbocycles. The quantitative estimate of drug-likeness (QED) is 0.932. The van der Waals surface area contributed by atoms with Crippen molar-refractivity contribution in [3.05, 3.63) is 28.2 Å². The normalized spacial score (nSPS) is 21.5. The molecule has 6 heteroatoms. The molecule has 1 N–H and O–H groups in total. The lowest BCUT2D eigenvalue weighted by molar-refractivity contribution is -0.123. The molecule has 2 atom stereocenters. The summed E-state index contributed by atoms with van der Waals surface area (Å²) < 4.78 is 5.48. The van der Waals surface area contributed by atoms with Gasteiger partial charge in [0, 0.05) is 18.1 Å². The van der Waals surface area contributed by atoms with E-state index in [0.717, 1.165) is 13.1 Å². The van der Waals surface area contributed by atoms with Crippen LogP contribution in [0.2, 0.25) is 10.0 Å². The van der Waals surface area contributed by atoms with Crippen molar-refractivity contribution in [1.29, 1.82) is 0 Å². The molecule has 2 unspecified atom stereocenters. The minimum atomic E-state index is -0.239. The van der Waals surface area contributed by atoms with Crippen LogP contribution in [0, 0.1) is 0 Å². The van der Waals surface area contributed by atoms with Crippen LogP contribution in [0.3, 0.4) is 0 Å². The van der Waals surface area contributed by atoms with Crippen molar-refractivity contribution in [2.24, 2.45) is 0 Å². The Kier molecular flexibility index (Phi) is 5.27. The third-order valence-electron chi connectivity index (χ3n) is 3.39. The number of benzene rings is 1. The molecular weight excluding hydrogens is 299 g/mol. The van der Waals surface area contributed by atoms with E-state index >= 15 is 0 Å². The van der Waals surface area contributed by atoms with Crippen LogP contribution in [-0.2, 0) is 9.53 Å². The first kappa shape index (κ1) is 15.6. The molecule has 110 valence electrons. The molecule has 4 nitrogen and oxygen atoms in total. The van der Waals surface area contributed by atoms with Gasteiger partial charge in [-0.15, -0.1) is 0 Å². The monoisotopic (exact) mass is 316 g/mol. The number of anilines is 1. The van der Waals surface area contributed by atoms with Gasteiger partial charge in [0.05, 0.1) is 29.5 Å². The van der Waals surface area contributed by atoms with Gasteiger partial charge in [0.1, 0.15) is 0 Å². The molecule has 2 rings (SSSR count). The topological polar surface area (TPSA) is 41.6 Å². The van der Waals surface area contributed by atoms with Crippen LogP contribution in [0.5, 0.6) is 0 Å². The van der Waals surface area contributed by atoms with Crippen LogP contribution in [-0.4, -0.2) is 42.6 Å². The number of halogens is 2. The maximum absolute atomic E-state index is 12.3. The van der Waals surface area contributed by atoms with Gasteiger partial charge in [-0.2, -0.15) is 0 Å². The van der Waals surface area contributed by atoms with E-state index in [9.17, 15) is 4.79 Å². The van der Waals surface area contributed by atoms with Crippen LogP contribution in [0.15, 0.2) is 18.2 Å². The molecule has 1 fully saturated rings. The molecule has 1 aliphatic heterocycles. The second kappa shape index (κ2) is 6.76. The fourth-order valence-electron chi connectivity index (χ4n) is 2.19. The van der Waals surface area contributed by atoms with E-state index in [1.54, 1.807) is 18.2 Å². The average molecular weight is 317 g/mol. The van der Waals surface area contributed by atoms with Crippen LogP contribution in [0.4, 0.5) is 5.69 Å².